The van der Waals surface area contributed by atoms with Gasteiger partial charge in [0.05, 0.1) is 25.7 Å². The summed E-state index contributed by atoms with van der Waals surface area (Å²) in [7, 11) is 2.85. The lowest BCUT2D eigenvalue weighted by atomic mass is 9.84. The molecule has 4 rings (SSSR count). The molecule has 1 aliphatic carbocycles. The van der Waals surface area contributed by atoms with Crippen LogP contribution < -0.4 is 15.4 Å². The highest BCUT2D eigenvalue weighted by atomic mass is 19.4. The zero-order chi connectivity index (χ0) is 22.9. The van der Waals surface area contributed by atoms with Gasteiger partial charge in [0.2, 0.25) is 0 Å². The molecule has 2 aromatic rings. The molecule has 1 aliphatic heterocycles. The molecule has 32 heavy (non-hydrogen) atoms. The molecule has 2 aliphatic rings. The van der Waals surface area contributed by atoms with Crippen LogP contribution in [-0.2, 0) is 22.3 Å². The van der Waals surface area contributed by atoms with Gasteiger partial charge in [0.1, 0.15) is 5.75 Å². The number of alkyl halides is 3. The second kappa shape index (κ2) is 9.11. The molecule has 5 nitrogen and oxygen atoms in total. The number of carbonyl (C=O) groups excluding carboxylic acids is 1. The number of benzene rings is 2. The fraction of sp³-hybridized carbons (Fsp3) is 0.458. The van der Waals surface area contributed by atoms with Crippen molar-refractivity contribution in [1.29, 1.82) is 0 Å². The van der Waals surface area contributed by atoms with Crippen LogP contribution in [-0.4, -0.2) is 32.3 Å². The van der Waals surface area contributed by atoms with Crippen molar-refractivity contribution in [3.05, 3.63) is 65.2 Å². The number of piperidine rings is 1. The van der Waals surface area contributed by atoms with Crippen molar-refractivity contribution in [1.82, 2.24) is 10.6 Å². The van der Waals surface area contributed by atoms with E-state index in [0.717, 1.165) is 24.1 Å². The van der Waals surface area contributed by atoms with E-state index in [-0.39, 0.29) is 42.5 Å². The maximum atomic E-state index is 13.2. The smallest absolute Gasteiger partial charge is 0.416 e. The van der Waals surface area contributed by atoms with Gasteiger partial charge in [-0.3, -0.25) is 4.79 Å². The SMILES string of the molecule is COC(=O)C1CC2CC1NC(c1ccccc1)C2NCc1cc(C(F)(F)F)ccc1OC. The number of halogens is 3. The Balaban J connectivity index is 1.60. The first-order valence-corrected chi connectivity index (χ1v) is 10.7. The van der Waals surface area contributed by atoms with E-state index in [1.165, 1.54) is 20.3 Å². The molecule has 5 unspecified atom stereocenters. The van der Waals surface area contributed by atoms with Gasteiger partial charge in [0.25, 0.3) is 0 Å². The third kappa shape index (κ3) is 4.47. The van der Waals surface area contributed by atoms with Crippen LogP contribution in [0.1, 0.15) is 35.6 Å². The molecule has 2 bridgehead atoms. The lowest BCUT2D eigenvalue weighted by Gasteiger charge is -2.39. The molecule has 2 fully saturated rings. The summed E-state index contributed by atoms with van der Waals surface area (Å²) in [6.45, 7) is 0.215. The Morgan fingerprint density at radius 2 is 1.88 bits per heavy atom. The normalized spacial score (nSPS) is 27.2. The Morgan fingerprint density at radius 3 is 2.53 bits per heavy atom. The topological polar surface area (TPSA) is 59.6 Å². The maximum absolute atomic E-state index is 13.2. The summed E-state index contributed by atoms with van der Waals surface area (Å²) in [5, 5.41) is 7.09. The molecule has 8 heteroatoms. The standard InChI is InChI=1S/C24H27F3N2O3/c1-31-20-9-8-17(24(25,26)27)10-16(20)13-28-21-15-11-18(23(30)32-2)19(12-15)29-22(21)14-6-4-3-5-7-14/h3-10,15,18-19,21-22,28-29H,11-13H2,1-2H3. The Labute approximate surface area is 185 Å². The summed E-state index contributed by atoms with van der Waals surface area (Å²) >= 11 is 0. The predicted molar refractivity (Wildman–Crippen MR) is 113 cm³/mol. The summed E-state index contributed by atoms with van der Waals surface area (Å²) in [5.74, 6) is 0.137. The van der Waals surface area contributed by atoms with Crippen molar-refractivity contribution in [2.75, 3.05) is 14.2 Å². The molecule has 0 spiro atoms. The van der Waals surface area contributed by atoms with E-state index in [1.807, 2.05) is 30.3 Å². The van der Waals surface area contributed by atoms with Gasteiger partial charge in [-0.2, -0.15) is 13.2 Å². The number of fused-ring (bicyclic) bond motifs is 2. The average Bonchev–Trinajstić information content (AvgIpc) is 3.14. The Kier molecular flexibility index (Phi) is 6.44. The predicted octanol–water partition coefficient (Wildman–Crippen LogP) is 4.08. The molecular formula is C24H27F3N2O3. The van der Waals surface area contributed by atoms with Crippen LogP contribution in [0.15, 0.2) is 48.5 Å². The number of nitrogens with one attached hydrogen (secondary N) is 2. The largest absolute Gasteiger partial charge is 0.496 e. The number of ether oxygens (including phenoxy) is 2. The lowest BCUT2D eigenvalue weighted by Crippen LogP contribution is -2.52. The van der Waals surface area contributed by atoms with E-state index < -0.39 is 11.7 Å². The van der Waals surface area contributed by atoms with Gasteiger partial charge in [0.15, 0.2) is 0 Å². The average molecular weight is 448 g/mol. The number of methoxy groups -OCH3 is 2. The van der Waals surface area contributed by atoms with Crippen molar-refractivity contribution < 1.29 is 27.4 Å². The maximum Gasteiger partial charge on any atom is 0.416 e. The minimum atomic E-state index is -4.42. The van der Waals surface area contributed by atoms with E-state index in [4.69, 9.17) is 9.47 Å². The number of hydrogen-bond acceptors (Lipinski definition) is 5. The fourth-order valence-corrected chi connectivity index (χ4v) is 5.14. The summed E-state index contributed by atoms with van der Waals surface area (Å²) < 4.78 is 50.0. The van der Waals surface area contributed by atoms with Crippen LogP contribution in [0.25, 0.3) is 0 Å². The van der Waals surface area contributed by atoms with Crippen molar-refractivity contribution in [3.63, 3.8) is 0 Å². The van der Waals surface area contributed by atoms with Crippen LogP contribution in [0, 0.1) is 11.8 Å². The number of rotatable bonds is 6. The van der Waals surface area contributed by atoms with Crippen molar-refractivity contribution in [2.24, 2.45) is 11.8 Å². The van der Waals surface area contributed by atoms with Crippen LogP contribution in [0.2, 0.25) is 0 Å². The Morgan fingerprint density at radius 1 is 1.12 bits per heavy atom. The first-order chi connectivity index (χ1) is 15.3. The third-order valence-corrected chi connectivity index (χ3v) is 6.66. The molecule has 172 valence electrons. The Hall–Kier alpha value is -2.58. The molecule has 1 heterocycles. The molecule has 2 aromatic carbocycles. The minimum Gasteiger partial charge on any atom is -0.496 e. The highest BCUT2D eigenvalue weighted by molar-refractivity contribution is 5.73. The van der Waals surface area contributed by atoms with Gasteiger partial charge < -0.3 is 20.1 Å². The first kappa shape index (κ1) is 22.6. The summed E-state index contributed by atoms with van der Waals surface area (Å²) in [6, 6.07) is 13.3. The number of esters is 1. The molecule has 0 amide bonds. The molecule has 1 saturated carbocycles. The lowest BCUT2D eigenvalue weighted by molar-refractivity contribution is -0.146. The monoisotopic (exact) mass is 448 g/mol. The molecule has 1 saturated heterocycles. The molecule has 0 radical (unpaired) electrons. The zero-order valence-electron chi connectivity index (χ0n) is 18.0. The van der Waals surface area contributed by atoms with Crippen LogP contribution in [0.5, 0.6) is 5.75 Å². The quantitative estimate of drug-likeness (QED) is 0.652. The third-order valence-electron chi connectivity index (χ3n) is 6.66. The van der Waals surface area contributed by atoms with Gasteiger partial charge in [-0.25, -0.2) is 0 Å². The molecule has 2 N–H and O–H groups in total. The van der Waals surface area contributed by atoms with Gasteiger partial charge in [-0.05, 0) is 42.5 Å². The number of carbonyl (C=O) groups is 1. The highest BCUT2D eigenvalue weighted by Gasteiger charge is 2.49. The van der Waals surface area contributed by atoms with Gasteiger partial charge in [-0.15, -0.1) is 0 Å². The van der Waals surface area contributed by atoms with E-state index in [1.54, 1.807) is 0 Å². The number of hydrogen-bond donors (Lipinski definition) is 2. The van der Waals surface area contributed by atoms with Gasteiger partial charge in [0, 0.05) is 30.2 Å². The Bertz CT molecular complexity index is 951. The summed E-state index contributed by atoms with van der Waals surface area (Å²) in [5.41, 5.74) is 0.808. The van der Waals surface area contributed by atoms with Gasteiger partial charge >= 0.3 is 12.1 Å². The fourth-order valence-electron chi connectivity index (χ4n) is 5.14. The second-order valence-electron chi connectivity index (χ2n) is 8.45. The van der Waals surface area contributed by atoms with E-state index in [2.05, 4.69) is 10.6 Å². The van der Waals surface area contributed by atoms with Crippen molar-refractivity contribution in [2.45, 2.75) is 43.7 Å². The first-order valence-electron chi connectivity index (χ1n) is 10.7. The van der Waals surface area contributed by atoms with Crippen molar-refractivity contribution in [3.8, 4) is 5.75 Å². The van der Waals surface area contributed by atoms with E-state index in [0.29, 0.717) is 17.7 Å². The summed E-state index contributed by atoms with van der Waals surface area (Å²) in [6.07, 6.45) is -2.95. The van der Waals surface area contributed by atoms with E-state index >= 15 is 0 Å². The summed E-state index contributed by atoms with van der Waals surface area (Å²) in [4.78, 5) is 12.3. The van der Waals surface area contributed by atoms with Gasteiger partial charge in [-0.1, -0.05) is 30.3 Å². The van der Waals surface area contributed by atoms with Crippen LogP contribution in [0.3, 0.4) is 0 Å². The van der Waals surface area contributed by atoms with Crippen molar-refractivity contribution >= 4 is 5.97 Å². The molecular weight excluding hydrogens is 421 g/mol. The molecule has 0 aromatic heterocycles. The minimum absolute atomic E-state index is 0.0128. The van der Waals surface area contributed by atoms with E-state index in [9.17, 15) is 18.0 Å². The van der Waals surface area contributed by atoms with Crippen LogP contribution >= 0.6 is 0 Å². The highest BCUT2D eigenvalue weighted by Crippen LogP contribution is 2.43. The van der Waals surface area contributed by atoms with Crippen LogP contribution in [0.4, 0.5) is 13.2 Å². The second-order valence-corrected chi connectivity index (χ2v) is 8.45. The zero-order valence-corrected chi connectivity index (χ0v) is 18.0. The molecule has 5 atom stereocenters.